The Hall–Kier alpha value is -3.12. The first kappa shape index (κ1) is 22.1. The molecule has 0 saturated carbocycles. The molecule has 0 spiro atoms. The van der Waals surface area contributed by atoms with Crippen LogP contribution in [0.2, 0.25) is 0 Å². The monoisotopic (exact) mass is 448 g/mol. The Morgan fingerprint density at radius 1 is 1.16 bits per heavy atom. The van der Waals surface area contributed by atoms with Crippen molar-refractivity contribution in [3.63, 3.8) is 0 Å². The highest BCUT2D eigenvalue weighted by atomic mass is 32.1. The second-order valence-corrected chi connectivity index (χ2v) is 9.06. The van der Waals surface area contributed by atoms with E-state index < -0.39 is 0 Å². The zero-order valence-electron chi connectivity index (χ0n) is 18.7. The lowest BCUT2D eigenvalue weighted by atomic mass is 9.88. The molecule has 1 heterocycles. The Balaban J connectivity index is 1.61. The van der Waals surface area contributed by atoms with E-state index in [2.05, 4.69) is 12.2 Å². The van der Waals surface area contributed by atoms with Crippen LogP contribution in [-0.2, 0) is 12.8 Å². The lowest BCUT2D eigenvalue weighted by Gasteiger charge is -2.18. The van der Waals surface area contributed by atoms with Crippen molar-refractivity contribution >= 4 is 34.1 Å². The molecule has 0 fully saturated rings. The number of methoxy groups -OCH3 is 1. The van der Waals surface area contributed by atoms with E-state index >= 15 is 0 Å². The zero-order valence-corrected chi connectivity index (χ0v) is 19.5. The summed E-state index contributed by atoms with van der Waals surface area (Å²) in [6.45, 7) is 4.83. The molecule has 0 saturated heterocycles. The van der Waals surface area contributed by atoms with Gasteiger partial charge in [0.15, 0.2) is 0 Å². The van der Waals surface area contributed by atoms with E-state index in [1.54, 1.807) is 18.4 Å². The van der Waals surface area contributed by atoms with Crippen molar-refractivity contribution in [1.29, 1.82) is 0 Å². The maximum atomic E-state index is 13.3. The van der Waals surface area contributed by atoms with Gasteiger partial charge in [-0.25, -0.2) is 4.99 Å². The van der Waals surface area contributed by atoms with E-state index in [9.17, 15) is 4.79 Å². The third-order valence-electron chi connectivity index (χ3n) is 5.59. The number of carbonyl (C=O) groups is 1. The number of hydrogen-bond donors (Lipinski definition) is 1. The maximum Gasteiger partial charge on any atom is 0.259 e. The molecule has 1 unspecified atom stereocenters. The fourth-order valence-corrected chi connectivity index (χ4v) is 5.23. The minimum Gasteiger partial charge on any atom is -0.497 e. The number of aliphatic imine (C=N–C) groups is 1. The standard InChI is InChI=1S/C26H28N2O3S/c1-4-31-21-12-8-19(9-13-21)28-25(29)24-22-14-5-17(2)15-23(22)32-26(24)27-16-18-6-10-20(30-3)11-7-18/h6-13,16-17H,4-5,14-15H2,1-3H3,(H,28,29)/b27-16+. The summed E-state index contributed by atoms with van der Waals surface area (Å²) in [6, 6.07) is 15.2. The van der Waals surface area contributed by atoms with Gasteiger partial charge in [0.1, 0.15) is 16.5 Å². The van der Waals surface area contributed by atoms with Crippen LogP contribution in [0.5, 0.6) is 11.5 Å². The average Bonchev–Trinajstić information content (AvgIpc) is 3.17. The van der Waals surface area contributed by atoms with E-state index in [1.807, 2.05) is 61.7 Å². The van der Waals surface area contributed by atoms with Gasteiger partial charge in [-0.2, -0.15) is 0 Å². The minimum absolute atomic E-state index is 0.108. The summed E-state index contributed by atoms with van der Waals surface area (Å²) in [5.74, 6) is 2.11. The van der Waals surface area contributed by atoms with Crippen LogP contribution in [0, 0.1) is 5.92 Å². The lowest BCUT2D eigenvalue weighted by molar-refractivity contribution is 0.102. The number of fused-ring (bicyclic) bond motifs is 1. The first-order valence-corrected chi connectivity index (χ1v) is 11.8. The fraction of sp³-hybridized carbons (Fsp3) is 0.308. The fourth-order valence-electron chi connectivity index (χ4n) is 3.88. The number of hydrogen-bond acceptors (Lipinski definition) is 5. The first-order chi connectivity index (χ1) is 15.6. The smallest absolute Gasteiger partial charge is 0.259 e. The van der Waals surface area contributed by atoms with Gasteiger partial charge >= 0.3 is 0 Å². The lowest BCUT2D eigenvalue weighted by Crippen LogP contribution is -2.16. The molecule has 166 valence electrons. The van der Waals surface area contributed by atoms with Gasteiger partial charge in [-0.1, -0.05) is 6.92 Å². The Morgan fingerprint density at radius 3 is 2.56 bits per heavy atom. The molecule has 4 rings (SSSR count). The average molecular weight is 449 g/mol. The molecule has 1 N–H and O–H groups in total. The number of rotatable bonds is 7. The number of carbonyl (C=O) groups excluding carboxylic acids is 1. The van der Waals surface area contributed by atoms with Crippen molar-refractivity contribution in [1.82, 2.24) is 0 Å². The SMILES string of the molecule is CCOc1ccc(NC(=O)c2c(/N=C/c3ccc(OC)cc3)sc3c2CCC(C)C3)cc1. The van der Waals surface area contributed by atoms with Gasteiger partial charge in [0.25, 0.3) is 5.91 Å². The van der Waals surface area contributed by atoms with Crippen molar-refractivity contribution in [2.24, 2.45) is 10.9 Å². The van der Waals surface area contributed by atoms with Crippen LogP contribution < -0.4 is 14.8 Å². The van der Waals surface area contributed by atoms with E-state index in [-0.39, 0.29) is 5.91 Å². The third kappa shape index (κ3) is 5.02. The number of nitrogens with zero attached hydrogens (tertiary/aromatic N) is 1. The van der Waals surface area contributed by atoms with E-state index in [1.165, 1.54) is 4.88 Å². The number of ether oxygens (including phenoxy) is 2. The van der Waals surface area contributed by atoms with E-state index in [4.69, 9.17) is 14.5 Å². The summed E-state index contributed by atoms with van der Waals surface area (Å²) in [7, 11) is 1.65. The molecule has 1 atom stereocenters. The molecule has 32 heavy (non-hydrogen) atoms. The van der Waals surface area contributed by atoms with Gasteiger partial charge < -0.3 is 14.8 Å². The molecule has 1 aromatic heterocycles. The van der Waals surface area contributed by atoms with Gasteiger partial charge in [-0.15, -0.1) is 11.3 Å². The minimum atomic E-state index is -0.108. The Bertz CT molecular complexity index is 1100. The molecule has 3 aromatic rings. The number of thiophene rings is 1. The van der Waals surface area contributed by atoms with Gasteiger partial charge in [-0.3, -0.25) is 4.79 Å². The van der Waals surface area contributed by atoms with Crippen LogP contribution in [0.3, 0.4) is 0 Å². The topological polar surface area (TPSA) is 59.9 Å². The van der Waals surface area contributed by atoms with Gasteiger partial charge in [0.05, 0.1) is 19.3 Å². The molecular weight excluding hydrogens is 420 g/mol. The maximum absolute atomic E-state index is 13.3. The summed E-state index contributed by atoms with van der Waals surface area (Å²) in [5, 5.41) is 3.82. The number of amides is 1. The highest BCUT2D eigenvalue weighted by Crippen LogP contribution is 2.41. The molecule has 0 aliphatic heterocycles. The van der Waals surface area contributed by atoms with Gasteiger partial charge in [-0.05, 0) is 91.8 Å². The Morgan fingerprint density at radius 2 is 1.88 bits per heavy atom. The molecule has 6 heteroatoms. The number of benzene rings is 2. The van der Waals surface area contributed by atoms with Gasteiger partial charge in [0.2, 0.25) is 0 Å². The predicted molar refractivity (Wildman–Crippen MR) is 131 cm³/mol. The van der Waals surface area contributed by atoms with Crippen LogP contribution in [0.15, 0.2) is 53.5 Å². The Labute approximate surface area is 193 Å². The Kier molecular flexibility index (Phi) is 6.90. The third-order valence-corrected chi connectivity index (χ3v) is 6.75. The summed E-state index contributed by atoms with van der Waals surface area (Å²) in [4.78, 5) is 19.3. The predicted octanol–water partition coefficient (Wildman–Crippen LogP) is 6.28. The van der Waals surface area contributed by atoms with Crippen LogP contribution in [0.4, 0.5) is 10.7 Å². The largest absolute Gasteiger partial charge is 0.497 e. The molecule has 2 aromatic carbocycles. The molecule has 0 radical (unpaired) electrons. The molecule has 5 nitrogen and oxygen atoms in total. The number of nitrogens with one attached hydrogen (secondary N) is 1. The van der Waals surface area contributed by atoms with Crippen LogP contribution in [0.1, 0.15) is 46.6 Å². The van der Waals surface area contributed by atoms with Crippen LogP contribution in [0.25, 0.3) is 0 Å². The van der Waals surface area contributed by atoms with Crippen LogP contribution >= 0.6 is 11.3 Å². The normalized spacial score (nSPS) is 15.4. The molecule has 1 aliphatic rings. The molecular formula is C26H28N2O3S. The molecule has 1 amide bonds. The van der Waals surface area contributed by atoms with Crippen molar-refractivity contribution in [2.75, 3.05) is 19.0 Å². The van der Waals surface area contributed by atoms with Gasteiger partial charge in [0, 0.05) is 16.8 Å². The quantitative estimate of drug-likeness (QED) is 0.433. The highest BCUT2D eigenvalue weighted by Gasteiger charge is 2.27. The second kappa shape index (κ2) is 10.0. The summed E-state index contributed by atoms with van der Waals surface area (Å²) >= 11 is 1.64. The van der Waals surface area contributed by atoms with Crippen molar-refractivity contribution in [3.8, 4) is 11.5 Å². The number of anilines is 1. The summed E-state index contributed by atoms with van der Waals surface area (Å²) in [6.07, 6.45) is 4.82. The summed E-state index contributed by atoms with van der Waals surface area (Å²) in [5.41, 5.74) is 3.56. The first-order valence-electron chi connectivity index (χ1n) is 10.9. The van der Waals surface area contributed by atoms with Crippen LogP contribution in [-0.4, -0.2) is 25.8 Å². The van der Waals surface area contributed by atoms with E-state index in [0.29, 0.717) is 18.1 Å². The second-order valence-electron chi connectivity index (χ2n) is 7.97. The molecule has 1 aliphatic carbocycles. The van der Waals surface area contributed by atoms with Crippen molar-refractivity contribution < 1.29 is 14.3 Å². The molecule has 0 bridgehead atoms. The zero-order chi connectivity index (χ0) is 22.5. The van der Waals surface area contributed by atoms with Crippen molar-refractivity contribution in [3.05, 3.63) is 70.1 Å². The van der Waals surface area contributed by atoms with Crippen molar-refractivity contribution in [2.45, 2.75) is 33.1 Å². The highest BCUT2D eigenvalue weighted by molar-refractivity contribution is 7.16. The van der Waals surface area contributed by atoms with E-state index in [0.717, 1.165) is 52.6 Å². The summed E-state index contributed by atoms with van der Waals surface area (Å²) < 4.78 is 10.7.